The molecule has 0 aliphatic carbocycles. The molecule has 10 heteroatoms. The lowest BCUT2D eigenvalue weighted by Crippen LogP contribution is -2.34. The minimum atomic E-state index is -4.31. The zero-order valence-electron chi connectivity index (χ0n) is 21.9. The van der Waals surface area contributed by atoms with Crippen molar-refractivity contribution in [3.05, 3.63) is 126 Å². The number of methoxy groups -OCH3 is 2. The van der Waals surface area contributed by atoms with Crippen molar-refractivity contribution in [2.24, 2.45) is 0 Å². The van der Waals surface area contributed by atoms with E-state index in [2.05, 4.69) is 16.9 Å². The molecule has 0 unspecified atom stereocenters. The highest BCUT2D eigenvalue weighted by molar-refractivity contribution is 7.93. The number of anilines is 2. The van der Waals surface area contributed by atoms with Crippen LogP contribution in [0.2, 0.25) is 0 Å². The van der Waals surface area contributed by atoms with Crippen LogP contribution in [-0.4, -0.2) is 39.5 Å². The van der Waals surface area contributed by atoms with Crippen molar-refractivity contribution in [1.82, 2.24) is 4.98 Å². The number of hydrogen-bond donors (Lipinski definition) is 1. The molecule has 0 atom stereocenters. The highest BCUT2D eigenvalue weighted by Crippen LogP contribution is 2.33. The molecule has 0 fully saturated rings. The van der Waals surface area contributed by atoms with Crippen LogP contribution >= 0.6 is 0 Å². The standard InChI is InChI=1S/C30H27N3O6S/c1-21(30(35)39-3)33(40(36,37)26-16-14-25(38-2)15-17-26)28-13-7-5-10-23(28)19-22-9-4-6-12-27(22)32-29(34)24-11-8-18-31-20-24/h4-18,20H,1,19H2,2-3H3,(H,32,34). The van der Waals surface area contributed by atoms with Gasteiger partial charge in [-0.25, -0.2) is 17.5 Å². The maximum absolute atomic E-state index is 13.9. The number of carbonyl (C=O) groups is 2. The van der Waals surface area contributed by atoms with Gasteiger partial charge in [0.2, 0.25) is 0 Å². The summed E-state index contributed by atoms with van der Waals surface area (Å²) in [6.07, 6.45) is 3.27. The zero-order valence-corrected chi connectivity index (χ0v) is 22.7. The van der Waals surface area contributed by atoms with Gasteiger partial charge in [0.25, 0.3) is 15.9 Å². The van der Waals surface area contributed by atoms with E-state index in [0.717, 1.165) is 17.0 Å². The molecule has 1 amide bonds. The molecule has 4 rings (SSSR count). The summed E-state index contributed by atoms with van der Waals surface area (Å²) in [5.74, 6) is -0.768. The second-order valence-corrected chi connectivity index (χ2v) is 10.3. The van der Waals surface area contributed by atoms with E-state index in [1.807, 2.05) is 12.1 Å². The largest absolute Gasteiger partial charge is 0.497 e. The predicted molar refractivity (Wildman–Crippen MR) is 152 cm³/mol. The molecule has 0 saturated carbocycles. The first-order valence-corrected chi connectivity index (χ1v) is 13.5. The van der Waals surface area contributed by atoms with Gasteiger partial charge in [0.15, 0.2) is 0 Å². The fourth-order valence-corrected chi connectivity index (χ4v) is 5.52. The number of benzene rings is 3. The number of nitrogens with zero attached hydrogens (tertiary/aromatic N) is 2. The fourth-order valence-electron chi connectivity index (χ4n) is 4.03. The molecule has 1 aromatic heterocycles. The van der Waals surface area contributed by atoms with Crippen molar-refractivity contribution in [2.75, 3.05) is 23.8 Å². The Labute approximate surface area is 232 Å². The summed E-state index contributed by atoms with van der Waals surface area (Å²) < 4.78 is 38.7. The third kappa shape index (κ3) is 6.02. The molecular formula is C30H27N3O6S. The van der Waals surface area contributed by atoms with E-state index in [1.165, 1.54) is 37.6 Å². The molecule has 0 aliphatic heterocycles. The fraction of sp³-hybridized carbons (Fsp3) is 0.100. The Balaban J connectivity index is 1.76. The molecular weight excluding hydrogens is 530 g/mol. The minimum absolute atomic E-state index is 0.0720. The lowest BCUT2D eigenvalue weighted by molar-refractivity contribution is -0.136. The first-order chi connectivity index (χ1) is 19.3. The van der Waals surface area contributed by atoms with Crippen LogP contribution < -0.4 is 14.4 Å². The van der Waals surface area contributed by atoms with Gasteiger partial charge in [0, 0.05) is 24.5 Å². The SMILES string of the molecule is C=C(C(=O)OC)N(c1ccccc1Cc1ccccc1NC(=O)c1cccnc1)S(=O)(=O)c1ccc(OC)cc1. The highest BCUT2D eigenvalue weighted by Gasteiger charge is 2.33. The Morgan fingerprint density at radius 3 is 2.23 bits per heavy atom. The second-order valence-electron chi connectivity index (χ2n) is 8.54. The van der Waals surface area contributed by atoms with Gasteiger partial charge < -0.3 is 14.8 Å². The molecule has 4 aromatic rings. The molecule has 3 aromatic carbocycles. The van der Waals surface area contributed by atoms with Crippen molar-refractivity contribution < 1.29 is 27.5 Å². The van der Waals surface area contributed by atoms with E-state index in [-0.39, 0.29) is 28.6 Å². The van der Waals surface area contributed by atoms with Crippen molar-refractivity contribution >= 4 is 33.3 Å². The molecule has 204 valence electrons. The van der Waals surface area contributed by atoms with Crippen LogP contribution in [0.1, 0.15) is 21.5 Å². The molecule has 9 nitrogen and oxygen atoms in total. The molecule has 0 aliphatic rings. The van der Waals surface area contributed by atoms with Gasteiger partial charge >= 0.3 is 5.97 Å². The monoisotopic (exact) mass is 557 g/mol. The van der Waals surface area contributed by atoms with Gasteiger partial charge in [-0.05, 0) is 59.7 Å². The average molecular weight is 558 g/mol. The number of pyridine rings is 1. The van der Waals surface area contributed by atoms with Gasteiger partial charge in [-0.1, -0.05) is 43.0 Å². The van der Waals surface area contributed by atoms with Crippen molar-refractivity contribution in [1.29, 1.82) is 0 Å². The smallest absolute Gasteiger partial charge is 0.355 e. The summed E-state index contributed by atoms with van der Waals surface area (Å²) >= 11 is 0. The van der Waals surface area contributed by atoms with Crippen LogP contribution in [0, 0.1) is 0 Å². The number of amides is 1. The van der Waals surface area contributed by atoms with E-state index < -0.39 is 16.0 Å². The van der Waals surface area contributed by atoms with Crippen LogP contribution in [0.25, 0.3) is 0 Å². The van der Waals surface area contributed by atoms with Crippen LogP contribution in [0.3, 0.4) is 0 Å². The molecule has 1 N–H and O–H groups in total. The average Bonchev–Trinajstić information content (AvgIpc) is 2.99. The Morgan fingerprint density at radius 2 is 1.57 bits per heavy atom. The normalized spacial score (nSPS) is 10.8. The second kappa shape index (κ2) is 12.3. The van der Waals surface area contributed by atoms with Crippen LogP contribution in [-0.2, 0) is 26.0 Å². The van der Waals surface area contributed by atoms with E-state index in [0.29, 0.717) is 22.6 Å². The van der Waals surface area contributed by atoms with E-state index in [1.54, 1.807) is 54.7 Å². The van der Waals surface area contributed by atoms with Crippen LogP contribution in [0.4, 0.5) is 11.4 Å². The van der Waals surface area contributed by atoms with E-state index in [4.69, 9.17) is 9.47 Å². The summed E-state index contributed by atoms with van der Waals surface area (Å²) in [4.78, 5) is 29.3. The number of ether oxygens (including phenoxy) is 2. The summed E-state index contributed by atoms with van der Waals surface area (Å²) in [6, 6.07) is 23.1. The van der Waals surface area contributed by atoms with Crippen LogP contribution in [0.5, 0.6) is 5.75 Å². The predicted octanol–water partition coefficient (Wildman–Crippen LogP) is 4.82. The van der Waals surface area contributed by atoms with E-state index in [9.17, 15) is 18.0 Å². The minimum Gasteiger partial charge on any atom is -0.497 e. The first kappa shape index (κ1) is 28.1. The maximum atomic E-state index is 13.9. The van der Waals surface area contributed by atoms with Crippen molar-refractivity contribution in [3.63, 3.8) is 0 Å². The Morgan fingerprint density at radius 1 is 0.900 bits per heavy atom. The third-order valence-corrected chi connectivity index (χ3v) is 7.81. The Kier molecular flexibility index (Phi) is 8.60. The Hall–Kier alpha value is -4.96. The molecule has 0 bridgehead atoms. The summed E-state index contributed by atoms with van der Waals surface area (Å²) in [5, 5.41) is 2.90. The molecule has 1 heterocycles. The van der Waals surface area contributed by atoms with Gasteiger partial charge in [0.1, 0.15) is 11.4 Å². The van der Waals surface area contributed by atoms with Gasteiger partial charge in [-0.15, -0.1) is 0 Å². The van der Waals surface area contributed by atoms with Crippen LogP contribution in [0.15, 0.2) is 114 Å². The third-order valence-electron chi connectivity index (χ3n) is 6.04. The maximum Gasteiger partial charge on any atom is 0.355 e. The summed E-state index contributed by atoms with van der Waals surface area (Å²) in [5.41, 5.74) is 2.04. The van der Waals surface area contributed by atoms with Crippen molar-refractivity contribution in [3.8, 4) is 5.75 Å². The number of sulfonamides is 1. The lowest BCUT2D eigenvalue weighted by Gasteiger charge is -2.27. The number of carbonyl (C=O) groups excluding carboxylic acids is 2. The van der Waals surface area contributed by atoms with Gasteiger partial charge in [-0.2, -0.15) is 0 Å². The molecule has 0 saturated heterocycles. The highest BCUT2D eigenvalue weighted by atomic mass is 32.2. The number of esters is 1. The lowest BCUT2D eigenvalue weighted by atomic mass is 10.0. The molecule has 0 spiro atoms. The molecule has 40 heavy (non-hydrogen) atoms. The van der Waals surface area contributed by atoms with E-state index >= 15 is 0 Å². The van der Waals surface area contributed by atoms with Gasteiger partial charge in [0.05, 0.1) is 30.4 Å². The number of nitrogens with one attached hydrogen (secondary N) is 1. The van der Waals surface area contributed by atoms with Gasteiger partial charge in [-0.3, -0.25) is 9.78 Å². The topological polar surface area (TPSA) is 115 Å². The molecule has 0 radical (unpaired) electrons. The zero-order chi connectivity index (χ0) is 28.7. The number of hydrogen-bond acceptors (Lipinski definition) is 7. The Bertz CT molecular complexity index is 1640. The summed E-state index contributed by atoms with van der Waals surface area (Å²) in [6.45, 7) is 3.75. The quantitative estimate of drug-likeness (QED) is 0.220. The summed E-state index contributed by atoms with van der Waals surface area (Å²) in [7, 11) is -1.69. The first-order valence-electron chi connectivity index (χ1n) is 12.1. The van der Waals surface area contributed by atoms with Crippen molar-refractivity contribution in [2.45, 2.75) is 11.3 Å². The number of rotatable bonds is 10. The number of aromatic nitrogens is 1. The number of para-hydroxylation sites is 2.